The highest BCUT2D eigenvalue weighted by Gasteiger charge is 2.24. The second-order valence-electron chi connectivity index (χ2n) is 6.34. The predicted molar refractivity (Wildman–Crippen MR) is 93.0 cm³/mol. The molecule has 0 radical (unpaired) electrons. The van der Waals surface area contributed by atoms with Gasteiger partial charge in [0.2, 0.25) is 5.78 Å². The lowest BCUT2D eigenvalue weighted by Crippen LogP contribution is -2.09. The molecule has 0 fully saturated rings. The van der Waals surface area contributed by atoms with E-state index in [0.717, 1.165) is 0 Å². The van der Waals surface area contributed by atoms with Crippen LogP contribution in [-0.4, -0.2) is 10.8 Å². The maximum absolute atomic E-state index is 12.6. The zero-order chi connectivity index (χ0) is 17.9. The largest absolute Gasteiger partial charge is 0.465 e. The summed E-state index contributed by atoms with van der Waals surface area (Å²) in [5.74, 6) is 1.29. The van der Waals surface area contributed by atoms with E-state index in [0.29, 0.717) is 27.9 Å². The number of ketones is 1. The van der Waals surface area contributed by atoms with Crippen LogP contribution >= 0.6 is 11.6 Å². The first kappa shape index (κ1) is 17.8. The van der Waals surface area contributed by atoms with Gasteiger partial charge in [0.05, 0.1) is 10.6 Å². The number of pyridine rings is 1. The molecule has 2 aromatic rings. The lowest BCUT2D eigenvalue weighted by atomic mass is 9.92. The van der Waals surface area contributed by atoms with Gasteiger partial charge >= 0.3 is 0 Å². The Bertz CT molecular complexity index is 821. The number of furan rings is 1. The number of rotatable bonds is 4. The summed E-state index contributed by atoms with van der Waals surface area (Å²) < 4.78 is 5.67. The van der Waals surface area contributed by atoms with E-state index in [1.807, 2.05) is 26.8 Å². The van der Waals surface area contributed by atoms with E-state index < -0.39 is 5.78 Å². The summed E-state index contributed by atoms with van der Waals surface area (Å²) in [4.78, 5) is 16.6. The number of aryl methyl sites for hydroxylation is 1. The SMILES string of the molecule is Cc1oc(C(C)(C)C)cc1C(=O)C(C#N)=CNc1ccc(Cl)cn1. The summed E-state index contributed by atoms with van der Waals surface area (Å²) in [6.45, 7) is 7.70. The minimum Gasteiger partial charge on any atom is -0.465 e. The zero-order valence-electron chi connectivity index (χ0n) is 14.0. The van der Waals surface area contributed by atoms with E-state index in [9.17, 15) is 10.1 Å². The van der Waals surface area contributed by atoms with E-state index >= 15 is 0 Å². The molecule has 0 atom stereocenters. The Balaban J connectivity index is 2.26. The van der Waals surface area contributed by atoms with Crippen LogP contribution in [0.3, 0.4) is 0 Å². The zero-order valence-corrected chi connectivity index (χ0v) is 14.7. The molecule has 24 heavy (non-hydrogen) atoms. The van der Waals surface area contributed by atoms with Crippen molar-refractivity contribution in [3.8, 4) is 6.07 Å². The Kier molecular flexibility index (Phi) is 5.10. The summed E-state index contributed by atoms with van der Waals surface area (Å²) in [5.41, 5.74) is 0.139. The Morgan fingerprint density at radius 1 is 1.42 bits per heavy atom. The van der Waals surface area contributed by atoms with Gasteiger partial charge < -0.3 is 9.73 Å². The number of nitriles is 1. The van der Waals surface area contributed by atoms with Crippen LogP contribution in [0.5, 0.6) is 0 Å². The highest BCUT2D eigenvalue weighted by molar-refractivity contribution is 6.30. The van der Waals surface area contributed by atoms with E-state index in [1.54, 1.807) is 25.1 Å². The number of Topliss-reactive ketones (excluding diaryl/α,β-unsaturated/α-hetero) is 1. The highest BCUT2D eigenvalue weighted by atomic mass is 35.5. The molecular formula is C18H18ClN3O2. The molecule has 6 heteroatoms. The van der Waals surface area contributed by atoms with Crippen molar-refractivity contribution in [1.82, 2.24) is 4.98 Å². The highest BCUT2D eigenvalue weighted by Crippen LogP contribution is 2.28. The third-order valence-electron chi connectivity index (χ3n) is 3.36. The summed E-state index contributed by atoms with van der Waals surface area (Å²) in [7, 11) is 0. The van der Waals surface area contributed by atoms with Crippen molar-refractivity contribution in [2.24, 2.45) is 0 Å². The van der Waals surface area contributed by atoms with Crippen LogP contribution in [0.15, 0.2) is 40.6 Å². The molecule has 124 valence electrons. The molecule has 2 aromatic heterocycles. The molecule has 1 N–H and O–H groups in total. The molecule has 0 aliphatic carbocycles. The molecular weight excluding hydrogens is 326 g/mol. The van der Waals surface area contributed by atoms with Crippen LogP contribution in [0.25, 0.3) is 0 Å². The van der Waals surface area contributed by atoms with Gasteiger partial charge in [0.1, 0.15) is 29.0 Å². The molecule has 5 nitrogen and oxygen atoms in total. The number of anilines is 1. The van der Waals surface area contributed by atoms with Crippen molar-refractivity contribution in [3.05, 3.63) is 58.3 Å². The molecule has 0 aliphatic rings. The first-order valence-electron chi connectivity index (χ1n) is 7.36. The molecule has 0 saturated carbocycles. The van der Waals surface area contributed by atoms with Crippen LogP contribution in [0.1, 0.15) is 42.6 Å². The number of nitrogens with one attached hydrogen (secondary N) is 1. The van der Waals surface area contributed by atoms with Crippen molar-refractivity contribution in [2.45, 2.75) is 33.1 Å². The van der Waals surface area contributed by atoms with E-state index in [4.69, 9.17) is 16.0 Å². The number of nitrogens with zero attached hydrogens (tertiary/aromatic N) is 2. The van der Waals surface area contributed by atoms with E-state index in [2.05, 4.69) is 10.3 Å². The first-order valence-corrected chi connectivity index (χ1v) is 7.74. The molecule has 0 saturated heterocycles. The van der Waals surface area contributed by atoms with Crippen molar-refractivity contribution in [2.75, 3.05) is 5.32 Å². The van der Waals surface area contributed by atoms with Crippen LogP contribution in [0, 0.1) is 18.3 Å². The number of carbonyl (C=O) groups excluding carboxylic acids is 1. The Morgan fingerprint density at radius 3 is 2.62 bits per heavy atom. The summed E-state index contributed by atoms with van der Waals surface area (Å²) in [6.07, 6.45) is 2.81. The third kappa shape index (κ3) is 4.03. The Morgan fingerprint density at radius 2 is 2.12 bits per heavy atom. The lowest BCUT2D eigenvalue weighted by Gasteiger charge is -2.13. The number of allylic oxidation sites excluding steroid dienone is 1. The maximum atomic E-state index is 12.6. The second kappa shape index (κ2) is 6.90. The van der Waals surface area contributed by atoms with Crippen molar-refractivity contribution in [1.29, 1.82) is 5.26 Å². The average molecular weight is 344 g/mol. The van der Waals surface area contributed by atoms with Crippen molar-refractivity contribution < 1.29 is 9.21 Å². The smallest absolute Gasteiger partial charge is 0.208 e. The minimum atomic E-state index is -0.393. The van der Waals surface area contributed by atoms with Gasteiger partial charge in [-0.15, -0.1) is 0 Å². The third-order valence-corrected chi connectivity index (χ3v) is 3.58. The van der Waals surface area contributed by atoms with Gasteiger partial charge in [-0.05, 0) is 25.1 Å². The molecule has 0 aromatic carbocycles. The Hall–Kier alpha value is -2.58. The van der Waals surface area contributed by atoms with E-state index in [-0.39, 0.29) is 11.0 Å². The first-order chi connectivity index (χ1) is 11.2. The number of hydrogen-bond acceptors (Lipinski definition) is 5. The van der Waals surface area contributed by atoms with Crippen LogP contribution in [0.4, 0.5) is 5.82 Å². The number of aromatic nitrogens is 1. The van der Waals surface area contributed by atoms with Crippen LogP contribution in [0.2, 0.25) is 5.02 Å². The van der Waals surface area contributed by atoms with Gasteiger partial charge in [0, 0.05) is 17.8 Å². The maximum Gasteiger partial charge on any atom is 0.208 e. The summed E-state index contributed by atoms with van der Waals surface area (Å²) >= 11 is 5.77. The summed E-state index contributed by atoms with van der Waals surface area (Å²) in [6, 6.07) is 6.92. The van der Waals surface area contributed by atoms with Gasteiger partial charge in [-0.1, -0.05) is 32.4 Å². The standard InChI is InChI=1S/C18H18ClN3O2/c1-11-14(7-15(24-11)18(2,3)4)17(23)12(8-20)9-21-16-6-5-13(19)10-22-16/h5-7,9-10H,1-4H3,(H,21,22). The number of halogens is 1. The molecule has 2 rings (SSSR count). The van der Waals surface area contributed by atoms with Crippen molar-refractivity contribution in [3.63, 3.8) is 0 Å². The molecule has 0 aliphatic heterocycles. The molecule has 0 bridgehead atoms. The number of hydrogen-bond donors (Lipinski definition) is 1. The minimum absolute atomic E-state index is 0.0314. The lowest BCUT2D eigenvalue weighted by molar-refractivity contribution is 0.103. The van der Waals surface area contributed by atoms with Crippen LogP contribution < -0.4 is 5.32 Å². The van der Waals surface area contributed by atoms with Gasteiger partial charge in [-0.2, -0.15) is 5.26 Å². The summed E-state index contributed by atoms with van der Waals surface area (Å²) in [5, 5.41) is 12.6. The predicted octanol–water partition coefficient (Wildman–Crippen LogP) is 4.64. The molecule has 0 spiro atoms. The monoisotopic (exact) mass is 343 g/mol. The van der Waals surface area contributed by atoms with Gasteiger partial charge in [0.25, 0.3) is 0 Å². The fourth-order valence-corrected chi connectivity index (χ4v) is 2.09. The van der Waals surface area contributed by atoms with Gasteiger partial charge in [0.15, 0.2) is 0 Å². The quantitative estimate of drug-likeness (QED) is 0.497. The average Bonchev–Trinajstić information content (AvgIpc) is 2.91. The topological polar surface area (TPSA) is 78.9 Å². The van der Waals surface area contributed by atoms with Gasteiger partial charge in [-0.3, -0.25) is 4.79 Å². The molecule has 2 heterocycles. The second-order valence-corrected chi connectivity index (χ2v) is 6.77. The fraction of sp³-hybridized carbons (Fsp3) is 0.278. The fourth-order valence-electron chi connectivity index (χ4n) is 1.98. The van der Waals surface area contributed by atoms with E-state index in [1.165, 1.54) is 12.4 Å². The van der Waals surface area contributed by atoms with Gasteiger partial charge in [-0.25, -0.2) is 4.98 Å². The molecule has 0 unspecified atom stereocenters. The molecule has 0 amide bonds. The Labute approximate surface area is 146 Å². The van der Waals surface area contributed by atoms with Crippen LogP contribution in [-0.2, 0) is 5.41 Å². The van der Waals surface area contributed by atoms with Crippen molar-refractivity contribution >= 4 is 23.2 Å². The number of carbonyl (C=O) groups is 1. The normalized spacial score (nSPS) is 11.9.